The Morgan fingerprint density at radius 3 is 1.27 bits per heavy atom. The highest BCUT2D eigenvalue weighted by Gasteiger charge is 2.17. The van der Waals surface area contributed by atoms with Crippen LogP contribution < -0.4 is 9.47 Å². The van der Waals surface area contributed by atoms with Gasteiger partial charge in [0.2, 0.25) is 0 Å². The van der Waals surface area contributed by atoms with E-state index >= 15 is 0 Å². The monoisotopic (exact) mass is 470 g/mol. The van der Waals surface area contributed by atoms with Crippen molar-refractivity contribution in [1.29, 1.82) is 0 Å². The standard InChI is InChI=1S/C22H16Br2O2/c1-25-19-11-17(21(23)15-9-5-3-7-13(15)19)18-12-20(26-2)14-8-4-6-10-16(14)22(18)24/h3-12H,1-2H3. The number of hydrogen-bond acceptors (Lipinski definition) is 2. The smallest absolute Gasteiger partial charge is 0.127 e. The second kappa shape index (κ2) is 6.93. The van der Waals surface area contributed by atoms with E-state index < -0.39 is 0 Å². The van der Waals surface area contributed by atoms with E-state index in [0.717, 1.165) is 53.1 Å². The van der Waals surface area contributed by atoms with Crippen LogP contribution in [0.15, 0.2) is 69.6 Å². The number of fused-ring (bicyclic) bond motifs is 2. The fraction of sp³-hybridized carbons (Fsp3) is 0.0909. The molecule has 0 aliphatic rings. The normalized spacial score (nSPS) is 11.1. The van der Waals surface area contributed by atoms with Crippen molar-refractivity contribution in [2.45, 2.75) is 0 Å². The van der Waals surface area contributed by atoms with Gasteiger partial charge in [-0.2, -0.15) is 0 Å². The van der Waals surface area contributed by atoms with Gasteiger partial charge in [-0.3, -0.25) is 0 Å². The zero-order chi connectivity index (χ0) is 18.3. The predicted molar refractivity (Wildman–Crippen MR) is 115 cm³/mol. The summed E-state index contributed by atoms with van der Waals surface area (Å²) < 4.78 is 13.4. The van der Waals surface area contributed by atoms with Crippen molar-refractivity contribution in [3.05, 3.63) is 69.6 Å². The Labute approximate surface area is 169 Å². The molecule has 130 valence electrons. The van der Waals surface area contributed by atoms with Crippen molar-refractivity contribution < 1.29 is 9.47 Å². The Morgan fingerprint density at radius 1 is 0.577 bits per heavy atom. The zero-order valence-corrected chi connectivity index (χ0v) is 17.5. The maximum atomic E-state index is 5.66. The molecule has 0 unspecified atom stereocenters. The first-order chi connectivity index (χ1) is 12.7. The molecule has 0 aliphatic carbocycles. The Bertz CT molecular complexity index is 1040. The summed E-state index contributed by atoms with van der Waals surface area (Å²) in [5, 5.41) is 4.38. The van der Waals surface area contributed by atoms with Crippen molar-refractivity contribution in [2.24, 2.45) is 0 Å². The minimum absolute atomic E-state index is 0.845. The first-order valence-corrected chi connectivity index (χ1v) is 9.75. The highest BCUT2D eigenvalue weighted by Crippen LogP contribution is 2.46. The molecule has 26 heavy (non-hydrogen) atoms. The van der Waals surface area contributed by atoms with Gasteiger partial charge in [0.05, 0.1) is 14.2 Å². The van der Waals surface area contributed by atoms with E-state index in [9.17, 15) is 0 Å². The Hall–Kier alpha value is -2.04. The number of halogens is 2. The molecule has 0 aliphatic heterocycles. The van der Waals surface area contributed by atoms with E-state index in [2.05, 4.69) is 68.3 Å². The fourth-order valence-corrected chi connectivity index (χ4v) is 4.69. The van der Waals surface area contributed by atoms with Crippen LogP contribution in [0.4, 0.5) is 0 Å². The summed E-state index contributed by atoms with van der Waals surface area (Å²) in [5.74, 6) is 1.69. The van der Waals surface area contributed by atoms with E-state index in [-0.39, 0.29) is 0 Å². The van der Waals surface area contributed by atoms with E-state index in [1.807, 2.05) is 24.3 Å². The molecule has 4 aromatic rings. The van der Waals surface area contributed by atoms with Crippen molar-refractivity contribution in [3.63, 3.8) is 0 Å². The summed E-state index contributed by atoms with van der Waals surface area (Å²) in [5.41, 5.74) is 2.10. The molecule has 0 N–H and O–H groups in total. The van der Waals surface area contributed by atoms with Gasteiger partial charge in [0.15, 0.2) is 0 Å². The summed E-state index contributed by atoms with van der Waals surface area (Å²) in [4.78, 5) is 0. The summed E-state index contributed by atoms with van der Waals surface area (Å²) in [6.07, 6.45) is 0. The Morgan fingerprint density at radius 2 is 0.923 bits per heavy atom. The van der Waals surface area contributed by atoms with E-state index in [4.69, 9.17) is 9.47 Å². The van der Waals surface area contributed by atoms with Crippen LogP contribution in [0.25, 0.3) is 32.7 Å². The molecular formula is C22H16Br2O2. The molecule has 0 aromatic heterocycles. The minimum atomic E-state index is 0.845. The lowest BCUT2D eigenvalue weighted by molar-refractivity contribution is 0.419. The second-order valence-electron chi connectivity index (χ2n) is 5.97. The number of methoxy groups -OCH3 is 2. The fourth-order valence-electron chi connectivity index (χ4n) is 3.34. The molecule has 0 heterocycles. The molecule has 2 nitrogen and oxygen atoms in total. The molecule has 4 heteroatoms. The summed E-state index contributed by atoms with van der Waals surface area (Å²) in [7, 11) is 3.41. The van der Waals surface area contributed by atoms with Gasteiger partial charge in [0.25, 0.3) is 0 Å². The highest BCUT2D eigenvalue weighted by atomic mass is 79.9. The van der Waals surface area contributed by atoms with Gasteiger partial charge in [0.1, 0.15) is 11.5 Å². The molecule has 0 fully saturated rings. The maximum absolute atomic E-state index is 5.66. The first kappa shape index (κ1) is 17.4. The van der Waals surface area contributed by atoms with Gasteiger partial charge in [-0.15, -0.1) is 0 Å². The van der Waals surface area contributed by atoms with Gasteiger partial charge < -0.3 is 9.47 Å². The predicted octanol–water partition coefficient (Wildman–Crippen LogP) is 7.20. The molecule has 0 radical (unpaired) electrons. The van der Waals surface area contributed by atoms with E-state index in [0.29, 0.717) is 0 Å². The molecule has 0 amide bonds. The number of benzene rings is 4. The third-order valence-corrected chi connectivity index (χ3v) is 6.32. The lowest BCUT2D eigenvalue weighted by atomic mass is 9.97. The number of rotatable bonds is 3. The lowest BCUT2D eigenvalue weighted by Crippen LogP contribution is -1.93. The number of hydrogen-bond donors (Lipinski definition) is 0. The SMILES string of the molecule is COc1cc(-c2cc(OC)c3ccccc3c2Br)c(Br)c2ccccc12. The Kier molecular flexibility index (Phi) is 4.63. The average Bonchev–Trinajstić information content (AvgIpc) is 2.69. The third-order valence-electron chi connectivity index (χ3n) is 4.61. The Balaban J connectivity index is 2.10. The molecule has 0 saturated carbocycles. The topological polar surface area (TPSA) is 18.5 Å². The highest BCUT2D eigenvalue weighted by molar-refractivity contribution is 9.11. The van der Waals surface area contributed by atoms with Crippen LogP contribution in [0.2, 0.25) is 0 Å². The van der Waals surface area contributed by atoms with Crippen LogP contribution in [0.3, 0.4) is 0 Å². The van der Waals surface area contributed by atoms with Crippen LogP contribution in [-0.2, 0) is 0 Å². The molecule has 4 rings (SSSR count). The van der Waals surface area contributed by atoms with Crippen LogP contribution in [0.1, 0.15) is 0 Å². The van der Waals surface area contributed by atoms with Crippen LogP contribution >= 0.6 is 31.9 Å². The molecular weight excluding hydrogens is 456 g/mol. The van der Waals surface area contributed by atoms with Gasteiger partial charge in [0, 0.05) is 41.6 Å². The largest absolute Gasteiger partial charge is 0.496 e. The average molecular weight is 472 g/mol. The summed E-state index contributed by atoms with van der Waals surface area (Å²) >= 11 is 7.62. The molecule has 0 spiro atoms. The van der Waals surface area contributed by atoms with Crippen LogP contribution in [0.5, 0.6) is 11.5 Å². The summed E-state index contributed by atoms with van der Waals surface area (Å²) in [6, 6.07) is 20.6. The van der Waals surface area contributed by atoms with Crippen LogP contribution in [-0.4, -0.2) is 14.2 Å². The third kappa shape index (κ3) is 2.68. The molecule has 4 aromatic carbocycles. The first-order valence-electron chi connectivity index (χ1n) is 8.16. The molecule has 0 atom stereocenters. The molecule has 0 bridgehead atoms. The van der Waals surface area contributed by atoms with Crippen molar-refractivity contribution >= 4 is 53.4 Å². The van der Waals surface area contributed by atoms with Gasteiger partial charge in [-0.1, -0.05) is 48.5 Å². The van der Waals surface area contributed by atoms with Gasteiger partial charge >= 0.3 is 0 Å². The summed E-state index contributed by atoms with van der Waals surface area (Å²) in [6.45, 7) is 0. The number of ether oxygens (including phenoxy) is 2. The van der Waals surface area contributed by atoms with E-state index in [1.165, 1.54) is 0 Å². The zero-order valence-electron chi connectivity index (χ0n) is 14.3. The van der Waals surface area contributed by atoms with Crippen LogP contribution in [0, 0.1) is 0 Å². The molecule has 0 saturated heterocycles. The minimum Gasteiger partial charge on any atom is -0.496 e. The quantitative estimate of drug-likeness (QED) is 0.314. The van der Waals surface area contributed by atoms with E-state index in [1.54, 1.807) is 14.2 Å². The van der Waals surface area contributed by atoms with Gasteiger partial charge in [-0.05, 0) is 44.0 Å². The van der Waals surface area contributed by atoms with Crippen molar-refractivity contribution in [2.75, 3.05) is 14.2 Å². The second-order valence-corrected chi connectivity index (χ2v) is 7.56. The lowest BCUT2D eigenvalue weighted by Gasteiger charge is -2.16. The van der Waals surface area contributed by atoms with Crippen molar-refractivity contribution in [1.82, 2.24) is 0 Å². The van der Waals surface area contributed by atoms with Gasteiger partial charge in [-0.25, -0.2) is 0 Å². The maximum Gasteiger partial charge on any atom is 0.127 e. The van der Waals surface area contributed by atoms with Crippen molar-refractivity contribution in [3.8, 4) is 22.6 Å².